The van der Waals surface area contributed by atoms with E-state index in [0.717, 1.165) is 11.4 Å². The Morgan fingerprint density at radius 3 is 2.18 bits per heavy atom. The third-order valence-corrected chi connectivity index (χ3v) is 6.22. The molecule has 0 saturated carbocycles. The van der Waals surface area contributed by atoms with Crippen molar-refractivity contribution in [3.05, 3.63) is 72.0 Å². The van der Waals surface area contributed by atoms with Gasteiger partial charge in [-0.2, -0.15) is 0 Å². The molecule has 3 aromatic rings. The Morgan fingerprint density at radius 2 is 1.53 bits per heavy atom. The number of carbonyl (C=O) groups excluding carboxylic acids is 2. The summed E-state index contributed by atoms with van der Waals surface area (Å²) in [5, 5.41) is 5.68. The van der Waals surface area contributed by atoms with E-state index in [4.69, 9.17) is 14.2 Å². The van der Waals surface area contributed by atoms with Crippen LogP contribution in [0.4, 0.5) is 31.9 Å². The highest BCUT2D eigenvalue weighted by atomic mass is 19.1. The fourth-order valence-electron chi connectivity index (χ4n) is 4.29. The van der Waals surface area contributed by atoms with Gasteiger partial charge >= 0.3 is 12.0 Å². The minimum absolute atomic E-state index is 0.243. The highest BCUT2D eigenvalue weighted by molar-refractivity contribution is 6.04. The van der Waals surface area contributed by atoms with E-state index in [1.165, 1.54) is 19.2 Å². The molecule has 0 spiro atoms. The van der Waals surface area contributed by atoms with Crippen LogP contribution >= 0.6 is 0 Å². The molecule has 0 bridgehead atoms. The van der Waals surface area contributed by atoms with E-state index < -0.39 is 12.0 Å². The molecule has 1 aliphatic heterocycles. The summed E-state index contributed by atoms with van der Waals surface area (Å²) < 4.78 is 29.1. The second-order valence-corrected chi connectivity index (χ2v) is 8.55. The first-order chi connectivity index (χ1) is 18.4. The lowest BCUT2D eigenvalue weighted by Crippen LogP contribution is -2.46. The van der Waals surface area contributed by atoms with Gasteiger partial charge in [0.15, 0.2) is 0 Å². The Bertz CT molecular complexity index is 1280. The third kappa shape index (κ3) is 6.26. The molecule has 0 aromatic heterocycles. The predicted octanol–water partition coefficient (Wildman–Crippen LogP) is 4.99. The van der Waals surface area contributed by atoms with E-state index in [1.807, 2.05) is 6.07 Å². The van der Waals surface area contributed by atoms with Gasteiger partial charge in [-0.1, -0.05) is 0 Å². The summed E-state index contributed by atoms with van der Waals surface area (Å²) in [5.74, 6) is 0.296. The maximum atomic E-state index is 13.3. The zero-order chi connectivity index (χ0) is 27.1. The number of urea groups is 1. The number of carbonyl (C=O) groups is 2. The smallest absolute Gasteiger partial charge is 0.338 e. The fourth-order valence-corrected chi connectivity index (χ4v) is 4.29. The first-order valence-corrected chi connectivity index (χ1v) is 12.3. The summed E-state index contributed by atoms with van der Waals surface area (Å²) in [7, 11) is 3.05. The van der Waals surface area contributed by atoms with Crippen LogP contribution < -0.4 is 29.9 Å². The van der Waals surface area contributed by atoms with Gasteiger partial charge in [0.05, 0.1) is 43.5 Å². The Labute approximate surface area is 221 Å². The molecule has 10 heteroatoms. The zero-order valence-electron chi connectivity index (χ0n) is 21.6. The molecule has 2 N–H and O–H groups in total. The number of benzene rings is 3. The minimum Gasteiger partial charge on any atom is -0.497 e. The lowest BCUT2D eigenvalue weighted by molar-refractivity contribution is 0.0526. The predicted molar refractivity (Wildman–Crippen MR) is 145 cm³/mol. The third-order valence-electron chi connectivity index (χ3n) is 6.22. The molecule has 0 unspecified atom stereocenters. The van der Waals surface area contributed by atoms with Crippen LogP contribution in [0.15, 0.2) is 60.7 Å². The minimum atomic E-state index is -0.499. The first-order valence-electron chi connectivity index (χ1n) is 12.3. The number of ether oxygens (including phenoxy) is 3. The van der Waals surface area contributed by atoms with Gasteiger partial charge in [-0.05, 0) is 61.5 Å². The zero-order valence-corrected chi connectivity index (χ0v) is 21.6. The van der Waals surface area contributed by atoms with Gasteiger partial charge in [0, 0.05) is 37.9 Å². The molecule has 1 heterocycles. The molecule has 1 fully saturated rings. The Hall–Kier alpha value is -4.47. The SMILES string of the molecule is CCOC(=O)c1ccc(N2CCN(c3ccc(F)cc3)CC2)c(NC(=O)Nc2ccc(OC)cc2OC)c1. The molecule has 0 radical (unpaired) electrons. The van der Waals surface area contributed by atoms with Crippen LogP contribution in [-0.4, -0.2) is 59.0 Å². The van der Waals surface area contributed by atoms with E-state index in [2.05, 4.69) is 20.4 Å². The number of nitrogens with one attached hydrogen (secondary N) is 2. The van der Waals surface area contributed by atoms with E-state index in [1.54, 1.807) is 56.5 Å². The monoisotopic (exact) mass is 522 g/mol. The summed E-state index contributed by atoms with van der Waals surface area (Å²) in [6.45, 7) is 4.73. The number of nitrogens with zero attached hydrogens (tertiary/aromatic N) is 2. The van der Waals surface area contributed by atoms with E-state index >= 15 is 0 Å². The van der Waals surface area contributed by atoms with Crippen LogP contribution in [0.3, 0.4) is 0 Å². The van der Waals surface area contributed by atoms with Crippen LogP contribution in [-0.2, 0) is 4.74 Å². The van der Waals surface area contributed by atoms with Crippen LogP contribution in [0.5, 0.6) is 11.5 Å². The first kappa shape index (κ1) is 26.6. The van der Waals surface area contributed by atoms with E-state index in [9.17, 15) is 14.0 Å². The van der Waals surface area contributed by atoms with Crippen LogP contribution in [0, 0.1) is 5.82 Å². The number of piperazine rings is 1. The topological polar surface area (TPSA) is 92.4 Å². The number of anilines is 4. The molecule has 1 aliphatic rings. The van der Waals surface area contributed by atoms with Crippen molar-refractivity contribution in [2.45, 2.75) is 6.92 Å². The van der Waals surface area contributed by atoms with E-state index in [-0.39, 0.29) is 12.4 Å². The van der Waals surface area contributed by atoms with Crippen molar-refractivity contribution in [1.82, 2.24) is 0 Å². The number of halogens is 1. The maximum absolute atomic E-state index is 13.3. The lowest BCUT2D eigenvalue weighted by Gasteiger charge is -2.38. The fraction of sp³-hybridized carbons (Fsp3) is 0.286. The van der Waals surface area contributed by atoms with Crippen molar-refractivity contribution in [2.24, 2.45) is 0 Å². The average Bonchev–Trinajstić information content (AvgIpc) is 2.94. The summed E-state index contributed by atoms with van der Waals surface area (Å²) in [4.78, 5) is 29.7. The number of amides is 2. The van der Waals surface area contributed by atoms with Crippen molar-refractivity contribution in [1.29, 1.82) is 0 Å². The normalized spacial score (nSPS) is 13.1. The van der Waals surface area contributed by atoms with Crippen molar-refractivity contribution >= 4 is 34.7 Å². The number of rotatable bonds is 8. The van der Waals surface area contributed by atoms with Crippen molar-refractivity contribution in [3.8, 4) is 11.5 Å². The highest BCUT2D eigenvalue weighted by Crippen LogP contribution is 2.32. The quantitative estimate of drug-likeness (QED) is 0.403. The summed E-state index contributed by atoms with van der Waals surface area (Å²) in [5.41, 5.74) is 2.99. The second-order valence-electron chi connectivity index (χ2n) is 8.55. The second kappa shape index (κ2) is 12.2. The summed E-state index contributed by atoms with van der Waals surface area (Å²) >= 11 is 0. The molecule has 3 aromatic carbocycles. The molecule has 0 atom stereocenters. The summed E-state index contributed by atoms with van der Waals surface area (Å²) in [6.07, 6.45) is 0. The number of hydrogen-bond acceptors (Lipinski definition) is 7. The number of hydrogen-bond donors (Lipinski definition) is 2. The summed E-state index contributed by atoms with van der Waals surface area (Å²) in [6, 6.07) is 16.1. The average molecular weight is 523 g/mol. The van der Waals surface area contributed by atoms with Gasteiger partial charge < -0.3 is 34.6 Å². The number of esters is 1. The van der Waals surface area contributed by atoms with Gasteiger partial charge in [-0.15, -0.1) is 0 Å². The van der Waals surface area contributed by atoms with Gasteiger partial charge in [0.1, 0.15) is 17.3 Å². The molecule has 9 nitrogen and oxygen atoms in total. The highest BCUT2D eigenvalue weighted by Gasteiger charge is 2.22. The van der Waals surface area contributed by atoms with Gasteiger partial charge in [-0.3, -0.25) is 0 Å². The Morgan fingerprint density at radius 1 is 0.842 bits per heavy atom. The molecular weight excluding hydrogens is 491 g/mol. The molecular formula is C28H31FN4O5. The Balaban J connectivity index is 1.53. The molecule has 0 aliphatic carbocycles. The van der Waals surface area contributed by atoms with Crippen molar-refractivity contribution in [3.63, 3.8) is 0 Å². The van der Waals surface area contributed by atoms with Gasteiger partial charge in [0.2, 0.25) is 0 Å². The molecule has 1 saturated heterocycles. The standard InChI is InChI=1S/C28H31FN4O5/c1-4-38-27(34)19-5-12-25(33-15-13-32(14-16-33)21-8-6-20(29)7-9-21)24(17-19)31-28(35)30-23-11-10-22(36-2)18-26(23)37-3/h5-12,17-18H,4,13-16H2,1-3H3,(H2,30,31,35). The Kier molecular flexibility index (Phi) is 8.52. The molecule has 4 rings (SSSR count). The lowest BCUT2D eigenvalue weighted by atomic mass is 10.1. The maximum Gasteiger partial charge on any atom is 0.338 e. The van der Waals surface area contributed by atoms with E-state index in [0.29, 0.717) is 54.6 Å². The van der Waals surface area contributed by atoms with Crippen molar-refractivity contribution in [2.75, 3.05) is 67.4 Å². The molecule has 200 valence electrons. The number of methoxy groups -OCH3 is 2. The van der Waals surface area contributed by atoms with Gasteiger partial charge in [0.25, 0.3) is 0 Å². The molecule has 38 heavy (non-hydrogen) atoms. The van der Waals surface area contributed by atoms with Crippen LogP contribution in [0.25, 0.3) is 0 Å². The van der Waals surface area contributed by atoms with Crippen LogP contribution in [0.2, 0.25) is 0 Å². The molecule has 2 amide bonds. The van der Waals surface area contributed by atoms with Gasteiger partial charge in [-0.25, -0.2) is 14.0 Å². The largest absolute Gasteiger partial charge is 0.497 e. The van der Waals surface area contributed by atoms with Crippen LogP contribution in [0.1, 0.15) is 17.3 Å². The van der Waals surface area contributed by atoms with Crippen molar-refractivity contribution < 1.29 is 28.2 Å².